The first-order valence-electron chi connectivity index (χ1n) is 8.94. The van der Waals surface area contributed by atoms with E-state index < -0.39 is 0 Å². The standard InChI is InChI=1S/C20H30O/c1-2-3-4-5-6-7-8-15-20(21)19-14-10-13-18(16-19)17-11-9-12-17/h10,13-14,16-17H,2-9,11-12,15H2,1H3. The number of hydrogen-bond acceptors (Lipinski definition) is 1. The normalized spacial score (nSPS) is 14.9. The Hall–Kier alpha value is -1.11. The van der Waals surface area contributed by atoms with Crippen molar-refractivity contribution in [3.8, 4) is 0 Å². The van der Waals surface area contributed by atoms with Gasteiger partial charge in [-0.3, -0.25) is 4.79 Å². The molecule has 0 radical (unpaired) electrons. The molecule has 1 fully saturated rings. The maximum Gasteiger partial charge on any atom is 0.162 e. The van der Waals surface area contributed by atoms with E-state index >= 15 is 0 Å². The second-order valence-corrected chi connectivity index (χ2v) is 6.55. The van der Waals surface area contributed by atoms with Crippen LogP contribution in [0.25, 0.3) is 0 Å². The maximum absolute atomic E-state index is 12.3. The SMILES string of the molecule is CCCCCCCCCC(=O)c1cccc(C2CCC2)c1. The summed E-state index contributed by atoms with van der Waals surface area (Å²) in [6.07, 6.45) is 13.6. The molecule has 0 amide bonds. The summed E-state index contributed by atoms with van der Waals surface area (Å²) in [7, 11) is 0. The Labute approximate surface area is 130 Å². The van der Waals surface area contributed by atoms with Gasteiger partial charge in [-0.25, -0.2) is 0 Å². The van der Waals surface area contributed by atoms with E-state index in [1.165, 1.54) is 63.4 Å². The maximum atomic E-state index is 12.3. The fourth-order valence-electron chi connectivity index (χ4n) is 3.09. The van der Waals surface area contributed by atoms with E-state index in [1.807, 2.05) is 6.07 Å². The summed E-state index contributed by atoms with van der Waals surface area (Å²) in [6, 6.07) is 8.39. The molecule has 1 aromatic rings. The zero-order valence-electron chi connectivity index (χ0n) is 13.6. The predicted molar refractivity (Wildman–Crippen MR) is 90.0 cm³/mol. The number of carbonyl (C=O) groups excluding carboxylic acids is 1. The van der Waals surface area contributed by atoms with Crippen molar-refractivity contribution in [2.75, 3.05) is 0 Å². The lowest BCUT2D eigenvalue weighted by Gasteiger charge is -2.26. The average Bonchev–Trinajstić information content (AvgIpc) is 2.44. The van der Waals surface area contributed by atoms with Crippen LogP contribution in [0.2, 0.25) is 0 Å². The minimum absolute atomic E-state index is 0.338. The highest BCUT2D eigenvalue weighted by Crippen LogP contribution is 2.36. The fraction of sp³-hybridized carbons (Fsp3) is 0.650. The second-order valence-electron chi connectivity index (χ2n) is 6.55. The Balaban J connectivity index is 1.68. The van der Waals surface area contributed by atoms with Crippen LogP contribution < -0.4 is 0 Å². The zero-order chi connectivity index (χ0) is 14.9. The van der Waals surface area contributed by atoms with E-state index in [0.29, 0.717) is 5.78 Å². The third kappa shape index (κ3) is 5.30. The number of hydrogen-bond donors (Lipinski definition) is 0. The van der Waals surface area contributed by atoms with Crippen LogP contribution in [0.3, 0.4) is 0 Å². The molecule has 1 heteroatoms. The lowest BCUT2D eigenvalue weighted by molar-refractivity contribution is 0.0979. The molecule has 2 rings (SSSR count). The quantitative estimate of drug-likeness (QED) is 0.365. The molecular weight excluding hydrogens is 256 g/mol. The topological polar surface area (TPSA) is 17.1 Å². The monoisotopic (exact) mass is 286 g/mol. The van der Waals surface area contributed by atoms with Crippen LogP contribution in [0.5, 0.6) is 0 Å². The van der Waals surface area contributed by atoms with E-state index in [-0.39, 0.29) is 0 Å². The van der Waals surface area contributed by atoms with Gasteiger partial charge < -0.3 is 0 Å². The van der Waals surface area contributed by atoms with Gasteiger partial charge in [0.15, 0.2) is 5.78 Å². The van der Waals surface area contributed by atoms with Gasteiger partial charge in [0, 0.05) is 12.0 Å². The van der Waals surface area contributed by atoms with Crippen LogP contribution in [-0.2, 0) is 0 Å². The summed E-state index contributed by atoms with van der Waals surface area (Å²) >= 11 is 0. The van der Waals surface area contributed by atoms with E-state index in [4.69, 9.17) is 0 Å². The van der Waals surface area contributed by atoms with Crippen molar-refractivity contribution >= 4 is 5.78 Å². The van der Waals surface area contributed by atoms with Crippen molar-refractivity contribution < 1.29 is 4.79 Å². The summed E-state index contributed by atoms with van der Waals surface area (Å²) in [4.78, 5) is 12.3. The number of ketones is 1. The lowest BCUT2D eigenvalue weighted by Crippen LogP contribution is -2.09. The van der Waals surface area contributed by atoms with Crippen molar-refractivity contribution in [3.63, 3.8) is 0 Å². The molecule has 0 spiro atoms. The van der Waals surface area contributed by atoms with E-state index in [1.54, 1.807) is 0 Å². The minimum atomic E-state index is 0.338. The highest BCUT2D eigenvalue weighted by Gasteiger charge is 2.20. The van der Waals surface area contributed by atoms with Gasteiger partial charge in [0.1, 0.15) is 0 Å². The number of rotatable bonds is 10. The molecule has 116 valence electrons. The van der Waals surface area contributed by atoms with Crippen LogP contribution in [0.15, 0.2) is 24.3 Å². The molecule has 0 aliphatic heterocycles. The van der Waals surface area contributed by atoms with Crippen molar-refractivity contribution in [1.82, 2.24) is 0 Å². The Kier molecular flexibility index (Phi) is 6.99. The van der Waals surface area contributed by atoms with Crippen molar-refractivity contribution in [2.45, 2.75) is 83.5 Å². The molecule has 0 atom stereocenters. The highest BCUT2D eigenvalue weighted by molar-refractivity contribution is 5.96. The average molecular weight is 286 g/mol. The Bertz CT molecular complexity index is 431. The molecule has 0 heterocycles. The minimum Gasteiger partial charge on any atom is -0.294 e. The van der Waals surface area contributed by atoms with Crippen molar-refractivity contribution in [2.24, 2.45) is 0 Å². The molecule has 0 aromatic heterocycles. The van der Waals surface area contributed by atoms with Gasteiger partial charge in [-0.1, -0.05) is 70.1 Å². The third-order valence-corrected chi connectivity index (χ3v) is 4.79. The molecule has 21 heavy (non-hydrogen) atoms. The van der Waals surface area contributed by atoms with Crippen molar-refractivity contribution in [1.29, 1.82) is 0 Å². The summed E-state index contributed by atoms with van der Waals surface area (Å²) in [5, 5.41) is 0. The second kappa shape index (κ2) is 9.02. The van der Waals surface area contributed by atoms with Gasteiger partial charge in [0.05, 0.1) is 0 Å². The molecular formula is C20H30O. The van der Waals surface area contributed by atoms with Crippen LogP contribution in [0, 0.1) is 0 Å². The summed E-state index contributed by atoms with van der Waals surface area (Å²) < 4.78 is 0. The summed E-state index contributed by atoms with van der Waals surface area (Å²) in [6.45, 7) is 2.25. The summed E-state index contributed by atoms with van der Waals surface area (Å²) in [5.74, 6) is 1.06. The molecule has 1 saturated carbocycles. The molecule has 1 aliphatic carbocycles. The van der Waals surface area contributed by atoms with Crippen LogP contribution in [0.1, 0.15) is 99.4 Å². The first-order chi connectivity index (χ1) is 10.3. The van der Waals surface area contributed by atoms with Crippen LogP contribution >= 0.6 is 0 Å². The van der Waals surface area contributed by atoms with E-state index in [0.717, 1.165) is 24.3 Å². The molecule has 0 bridgehead atoms. The molecule has 0 N–H and O–H groups in total. The Morgan fingerprint density at radius 1 is 1.05 bits per heavy atom. The molecule has 0 unspecified atom stereocenters. The lowest BCUT2D eigenvalue weighted by atomic mass is 9.79. The smallest absolute Gasteiger partial charge is 0.162 e. The van der Waals surface area contributed by atoms with E-state index in [2.05, 4.69) is 25.1 Å². The number of carbonyl (C=O) groups is 1. The third-order valence-electron chi connectivity index (χ3n) is 4.79. The number of Topliss-reactive ketones (excluding diaryl/α,β-unsaturated/α-hetero) is 1. The van der Waals surface area contributed by atoms with Gasteiger partial charge in [-0.05, 0) is 36.8 Å². The Morgan fingerprint density at radius 2 is 1.76 bits per heavy atom. The number of benzene rings is 1. The van der Waals surface area contributed by atoms with Gasteiger partial charge in [-0.2, -0.15) is 0 Å². The first kappa shape index (κ1) is 16.3. The van der Waals surface area contributed by atoms with Gasteiger partial charge in [-0.15, -0.1) is 0 Å². The molecule has 1 nitrogen and oxygen atoms in total. The van der Waals surface area contributed by atoms with E-state index in [9.17, 15) is 4.79 Å². The largest absolute Gasteiger partial charge is 0.294 e. The molecule has 0 saturated heterocycles. The van der Waals surface area contributed by atoms with Crippen molar-refractivity contribution in [3.05, 3.63) is 35.4 Å². The van der Waals surface area contributed by atoms with Gasteiger partial charge in [0.2, 0.25) is 0 Å². The number of unbranched alkanes of at least 4 members (excludes halogenated alkanes) is 6. The first-order valence-corrected chi connectivity index (χ1v) is 8.94. The zero-order valence-corrected chi connectivity index (χ0v) is 13.6. The van der Waals surface area contributed by atoms with Crippen LogP contribution in [-0.4, -0.2) is 5.78 Å². The molecule has 1 aliphatic rings. The summed E-state index contributed by atoms with van der Waals surface area (Å²) in [5.41, 5.74) is 2.32. The Morgan fingerprint density at radius 3 is 2.43 bits per heavy atom. The van der Waals surface area contributed by atoms with Gasteiger partial charge in [0.25, 0.3) is 0 Å². The predicted octanol–water partition coefficient (Wildman–Crippen LogP) is 6.28. The fourth-order valence-corrected chi connectivity index (χ4v) is 3.09. The highest BCUT2D eigenvalue weighted by atomic mass is 16.1. The van der Waals surface area contributed by atoms with Crippen LogP contribution in [0.4, 0.5) is 0 Å². The van der Waals surface area contributed by atoms with Gasteiger partial charge >= 0.3 is 0 Å². The molecule has 1 aromatic carbocycles.